The van der Waals surface area contributed by atoms with Crippen LogP contribution in [-0.4, -0.2) is 91.9 Å². The summed E-state index contributed by atoms with van der Waals surface area (Å²) in [6.07, 6.45) is 5.33. The van der Waals surface area contributed by atoms with E-state index in [-0.39, 0.29) is 0 Å². The number of nitrogens with one attached hydrogen (secondary N) is 1. The Morgan fingerprint density at radius 3 is 1.73 bits per heavy atom. The number of rotatable bonds is 10. The number of nitrogens with two attached hydrogens (primary N) is 1. The number of anilines is 1. The molecule has 14 nitrogen and oxygen atoms in total. The van der Waals surface area contributed by atoms with Gasteiger partial charge in [-0.1, -0.05) is 67.6 Å². The second-order valence-corrected chi connectivity index (χ2v) is 12.6. The lowest BCUT2D eigenvalue weighted by atomic mass is 9.73. The first kappa shape index (κ1) is 37.1. The van der Waals surface area contributed by atoms with Gasteiger partial charge in [0.05, 0.1) is 11.9 Å². The van der Waals surface area contributed by atoms with Crippen LogP contribution in [0.4, 0.5) is 5.13 Å². The van der Waals surface area contributed by atoms with Crippen molar-refractivity contribution in [3.05, 3.63) is 82.4 Å². The van der Waals surface area contributed by atoms with E-state index >= 15 is 0 Å². The quantitative estimate of drug-likeness (QED) is 0.0920. The second-order valence-electron chi connectivity index (χ2n) is 9.97. The SMILES string of the molecule is CCCN[C@H]1CCc2nc(N)sc2C1.CS(=O)(=O)O.O=C(O)C(O)(C(=O)c1ccccc1)C(O)(C(=O)O)C(=O)c1ccccc1. The molecule has 244 valence electrons. The van der Waals surface area contributed by atoms with Crippen molar-refractivity contribution in [1.29, 1.82) is 0 Å². The number of aliphatic carboxylic acids is 2. The van der Waals surface area contributed by atoms with Crippen LogP contribution in [0.1, 0.15) is 51.1 Å². The number of fused-ring (bicyclic) bond motifs is 1. The molecule has 1 aliphatic rings. The van der Waals surface area contributed by atoms with Gasteiger partial charge in [-0.25, -0.2) is 14.6 Å². The first-order valence-corrected chi connectivity index (χ1v) is 16.1. The Labute approximate surface area is 263 Å². The number of aromatic nitrogens is 1. The average Bonchev–Trinajstić information content (AvgIpc) is 3.37. The van der Waals surface area contributed by atoms with Crippen molar-refractivity contribution in [2.45, 2.75) is 49.9 Å². The van der Waals surface area contributed by atoms with E-state index in [2.05, 4.69) is 17.2 Å². The van der Waals surface area contributed by atoms with Gasteiger partial charge in [0, 0.05) is 22.0 Å². The summed E-state index contributed by atoms with van der Waals surface area (Å²) in [6.45, 7) is 3.32. The van der Waals surface area contributed by atoms with Crippen LogP contribution in [0.5, 0.6) is 0 Å². The predicted molar refractivity (Wildman–Crippen MR) is 165 cm³/mol. The van der Waals surface area contributed by atoms with Crippen LogP contribution in [0.15, 0.2) is 60.7 Å². The molecule has 2 unspecified atom stereocenters. The fourth-order valence-corrected chi connectivity index (χ4v) is 5.31. The number of carboxylic acid groups (broad SMARTS) is 2. The molecule has 0 bridgehead atoms. The summed E-state index contributed by atoms with van der Waals surface area (Å²) >= 11 is 1.65. The zero-order chi connectivity index (χ0) is 34.0. The molecule has 0 spiro atoms. The number of hydrogen-bond acceptors (Lipinski definition) is 12. The molecule has 1 aliphatic carbocycles. The molecule has 2 aromatic carbocycles. The number of Topliss-reactive ketones (excluding diaryl/α,β-unsaturated/α-hetero) is 2. The first-order chi connectivity index (χ1) is 21.0. The Balaban J connectivity index is 0.000000307. The molecule has 45 heavy (non-hydrogen) atoms. The van der Waals surface area contributed by atoms with Gasteiger partial charge >= 0.3 is 11.9 Å². The molecule has 0 amide bonds. The number of ketones is 2. The van der Waals surface area contributed by atoms with Crippen LogP contribution in [-0.2, 0) is 32.5 Å². The number of aryl methyl sites for hydroxylation is 1. The Hall–Kier alpha value is -4.06. The number of nitrogens with zero attached hydrogens (tertiary/aromatic N) is 1. The predicted octanol–water partition coefficient (Wildman–Crippen LogP) is 1.47. The number of hydrogen-bond donors (Lipinski definition) is 7. The van der Waals surface area contributed by atoms with E-state index in [4.69, 9.17) is 10.3 Å². The maximum Gasteiger partial charge on any atom is 0.348 e. The summed E-state index contributed by atoms with van der Waals surface area (Å²) in [5, 5.41) is 44.1. The molecule has 0 fully saturated rings. The minimum Gasteiger partial charge on any atom is -0.479 e. The maximum atomic E-state index is 12.6. The van der Waals surface area contributed by atoms with Gasteiger partial charge < -0.3 is 31.5 Å². The fraction of sp³-hybridized carbons (Fsp3) is 0.345. The summed E-state index contributed by atoms with van der Waals surface area (Å²) < 4.78 is 25.9. The van der Waals surface area contributed by atoms with Crippen LogP contribution in [0.25, 0.3) is 0 Å². The third-order valence-electron chi connectivity index (χ3n) is 6.51. The standard InChI is InChI=1S/C18H14O8.C10H17N3S.CH4O3S/c19-13(11-7-3-1-4-8-11)17(25,15(21)22)18(26,16(23)24)14(20)12-9-5-2-6-10-12;1-2-5-12-7-3-4-8-9(6-7)14-10(11)13-8;1-5(2,3)4/h1-10,25-26H,(H,21,22)(H,23,24);7,12H,2-6H2,1H3,(H2,11,13);1H3,(H,2,3,4)/t;7-;/m.0./s1. The van der Waals surface area contributed by atoms with E-state index < -0.39 is 56.0 Å². The highest BCUT2D eigenvalue weighted by molar-refractivity contribution is 7.85. The Bertz CT molecular complexity index is 1520. The van der Waals surface area contributed by atoms with Gasteiger partial charge in [0.2, 0.25) is 11.6 Å². The summed E-state index contributed by atoms with van der Waals surface area (Å²) in [5.74, 6) is -8.03. The third-order valence-corrected chi connectivity index (χ3v) is 7.46. The summed E-state index contributed by atoms with van der Waals surface area (Å²) in [7, 11) is -3.67. The average molecular weight is 666 g/mol. The summed E-state index contributed by atoms with van der Waals surface area (Å²) in [5.41, 5.74) is -1.76. The van der Waals surface area contributed by atoms with Crippen LogP contribution >= 0.6 is 11.3 Å². The molecule has 0 aliphatic heterocycles. The van der Waals surface area contributed by atoms with Crippen molar-refractivity contribution in [1.82, 2.24) is 10.3 Å². The molecule has 8 N–H and O–H groups in total. The number of thiazole rings is 1. The van der Waals surface area contributed by atoms with Crippen LogP contribution in [0, 0.1) is 0 Å². The molecule has 0 radical (unpaired) electrons. The number of carbonyl (C=O) groups excluding carboxylic acids is 2. The van der Waals surface area contributed by atoms with Gasteiger partial charge in [-0.15, -0.1) is 11.3 Å². The van der Waals surface area contributed by atoms with Crippen molar-refractivity contribution in [2.24, 2.45) is 0 Å². The van der Waals surface area contributed by atoms with Gasteiger partial charge in [-0.05, 0) is 32.2 Å². The van der Waals surface area contributed by atoms with Crippen LogP contribution in [0.3, 0.4) is 0 Å². The topological polar surface area (TPSA) is 255 Å². The van der Waals surface area contributed by atoms with Gasteiger partial charge in [0.25, 0.3) is 21.3 Å². The smallest absolute Gasteiger partial charge is 0.348 e. The highest BCUT2D eigenvalue weighted by Crippen LogP contribution is 2.32. The molecular formula is C29H35N3O11S2. The Morgan fingerprint density at radius 2 is 1.36 bits per heavy atom. The normalized spacial score (nSPS) is 16.6. The van der Waals surface area contributed by atoms with Crippen LogP contribution in [0.2, 0.25) is 0 Å². The monoisotopic (exact) mass is 665 g/mol. The van der Waals surface area contributed by atoms with Crippen molar-refractivity contribution >= 4 is 50.1 Å². The number of carboxylic acids is 2. The molecule has 3 atom stereocenters. The minimum atomic E-state index is -3.95. The lowest BCUT2D eigenvalue weighted by molar-refractivity contribution is -0.187. The van der Waals surface area contributed by atoms with E-state index in [1.807, 2.05) is 0 Å². The Morgan fingerprint density at radius 1 is 0.933 bits per heavy atom. The molecule has 0 saturated carbocycles. The molecule has 4 rings (SSSR count). The molecule has 1 heterocycles. The van der Waals surface area contributed by atoms with E-state index in [1.54, 1.807) is 11.3 Å². The zero-order valence-electron chi connectivity index (χ0n) is 24.4. The highest BCUT2D eigenvalue weighted by Gasteiger charge is 2.69. The molecule has 1 aromatic heterocycles. The molecule has 16 heteroatoms. The lowest BCUT2D eigenvalue weighted by Gasteiger charge is -2.34. The van der Waals surface area contributed by atoms with Gasteiger partial charge in [0.15, 0.2) is 5.13 Å². The van der Waals surface area contributed by atoms with Gasteiger partial charge in [-0.3, -0.25) is 14.1 Å². The van der Waals surface area contributed by atoms with Gasteiger partial charge in [0.1, 0.15) is 0 Å². The second kappa shape index (κ2) is 15.8. The molecule has 0 saturated heterocycles. The van der Waals surface area contributed by atoms with Gasteiger partial charge in [-0.2, -0.15) is 8.42 Å². The van der Waals surface area contributed by atoms with E-state index in [9.17, 15) is 48.0 Å². The largest absolute Gasteiger partial charge is 0.479 e. The fourth-order valence-electron chi connectivity index (χ4n) is 4.35. The summed E-state index contributed by atoms with van der Waals surface area (Å²) in [6, 6.07) is 13.5. The highest BCUT2D eigenvalue weighted by atomic mass is 32.2. The molecule has 3 aromatic rings. The number of aliphatic hydroxyl groups is 2. The molecular weight excluding hydrogens is 630 g/mol. The number of nitrogen functional groups attached to an aromatic ring is 1. The van der Waals surface area contributed by atoms with Crippen molar-refractivity contribution < 1.29 is 52.6 Å². The zero-order valence-corrected chi connectivity index (χ0v) is 26.0. The number of carbonyl (C=O) groups is 4. The Kier molecular flexibility index (Phi) is 13.0. The maximum absolute atomic E-state index is 12.6. The van der Waals surface area contributed by atoms with E-state index in [0.29, 0.717) is 12.3 Å². The van der Waals surface area contributed by atoms with Crippen molar-refractivity contribution in [2.75, 3.05) is 18.5 Å². The van der Waals surface area contributed by atoms with Crippen molar-refractivity contribution in [3.63, 3.8) is 0 Å². The van der Waals surface area contributed by atoms with E-state index in [1.165, 1.54) is 59.8 Å². The van der Waals surface area contributed by atoms with Crippen molar-refractivity contribution in [3.8, 4) is 0 Å². The van der Waals surface area contributed by atoms with E-state index in [0.717, 1.165) is 48.8 Å². The number of benzene rings is 2. The lowest BCUT2D eigenvalue weighted by Crippen LogP contribution is -2.71. The minimum absolute atomic E-state index is 0.391. The summed E-state index contributed by atoms with van der Waals surface area (Å²) in [4.78, 5) is 54.3. The first-order valence-electron chi connectivity index (χ1n) is 13.5. The van der Waals surface area contributed by atoms with Crippen LogP contribution < -0.4 is 11.1 Å². The third kappa shape index (κ3) is 9.46.